The van der Waals surface area contributed by atoms with Gasteiger partial charge in [0.1, 0.15) is 11.6 Å². The Bertz CT molecular complexity index is 595. The molecule has 1 atom stereocenters. The Morgan fingerprint density at radius 2 is 2.20 bits per heavy atom. The van der Waals surface area contributed by atoms with E-state index in [2.05, 4.69) is 15.6 Å². The molecule has 8 heteroatoms. The summed E-state index contributed by atoms with van der Waals surface area (Å²) in [6, 6.07) is 2.92. The van der Waals surface area contributed by atoms with Crippen LogP contribution in [0.1, 0.15) is 24.5 Å². The van der Waals surface area contributed by atoms with Crippen LogP contribution >= 0.6 is 24.0 Å². The van der Waals surface area contributed by atoms with E-state index in [0.29, 0.717) is 24.8 Å². The van der Waals surface area contributed by atoms with Crippen molar-refractivity contribution in [2.45, 2.75) is 26.5 Å². The summed E-state index contributed by atoms with van der Waals surface area (Å²) in [7, 11) is 0. The lowest BCUT2D eigenvalue weighted by Crippen LogP contribution is -2.40. The summed E-state index contributed by atoms with van der Waals surface area (Å²) >= 11 is 0. The molecule has 1 unspecified atom stereocenters. The molecule has 0 amide bonds. The molecule has 1 aromatic carbocycles. The number of rotatable bonds is 5. The van der Waals surface area contributed by atoms with Crippen molar-refractivity contribution in [3.63, 3.8) is 0 Å². The minimum absolute atomic E-state index is 0. The van der Waals surface area contributed by atoms with Gasteiger partial charge in [-0.05, 0) is 25.5 Å². The van der Waals surface area contributed by atoms with E-state index in [4.69, 9.17) is 14.2 Å². The molecule has 0 radical (unpaired) electrons. The molecule has 0 aliphatic carbocycles. The molecule has 0 aromatic heterocycles. The third kappa shape index (κ3) is 5.68. The van der Waals surface area contributed by atoms with Crippen LogP contribution in [0.4, 0.5) is 4.39 Å². The molecule has 0 saturated carbocycles. The molecule has 140 valence electrons. The van der Waals surface area contributed by atoms with Gasteiger partial charge in [-0.25, -0.2) is 9.38 Å². The van der Waals surface area contributed by atoms with Gasteiger partial charge in [0.2, 0.25) is 0 Å². The van der Waals surface area contributed by atoms with Crippen molar-refractivity contribution in [2.75, 3.05) is 33.1 Å². The first-order valence-corrected chi connectivity index (χ1v) is 8.38. The second-order valence-electron chi connectivity index (χ2n) is 5.97. The maximum atomic E-state index is 13.8. The summed E-state index contributed by atoms with van der Waals surface area (Å²) in [5, 5.41) is 6.54. The average molecular weight is 465 g/mol. The van der Waals surface area contributed by atoms with Crippen molar-refractivity contribution in [3.8, 4) is 5.75 Å². The van der Waals surface area contributed by atoms with E-state index in [-0.39, 0.29) is 36.6 Å². The van der Waals surface area contributed by atoms with Crippen LogP contribution in [-0.2, 0) is 22.6 Å². The molecule has 2 aliphatic heterocycles. The monoisotopic (exact) mass is 465 g/mol. The van der Waals surface area contributed by atoms with E-state index in [0.717, 1.165) is 49.8 Å². The minimum atomic E-state index is -0.297. The highest BCUT2D eigenvalue weighted by Gasteiger charge is 2.18. The first kappa shape index (κ1) is 20.2. The molecule has 2 N–H and O–H groups in total. The topological polar surface area (TPSA) is 64.1 Å². The van der Waals surface area contributed by atoms with Gasteiger partial charge in [0.15, 0.2) is 12.8 Å². The van der Waals surface area contributed by atoms with Gasteiger partial charge in [-0.1, -0.05) is 0 Å². The quantitative estimate of drug-likeness (QED) is 0.398. The number of guanidine groups is 1. The van der Waals surface area contributed by atoms with Crippen molar-refractivity contribution in [2.24, 2.45) is 10.9 Å². The van der Waals surface area contributed by atoms with E-state index in [1.165, 1.54) is 12.1 Å². The van der Waals surface area contributed by atoms with E-state index in [1.807, 2.05) is 6.92 Å². The van der Waals surface area contributed by atoms with Gasteiger partial charge in [-0.15, -0.1) is 24.0 Å². The molecule has 2 heterocycles. The van der Waals surface area contributed by atoms with Gasteiger partial charge in [0, 0.05) is 36.7 Å². The Morgan fingerprint density at radius 1 is 1.32 bits per heavy atom. The molecule has 25 heavy (non-hydrogen) atoms. The van der Waals surface area contributed by atoms with Crippen LogP contribution in [0.25, 0.3) is 0 Å². The second-order valence-corrected chi connectivity index (χ2v) is 5.97. The fourth-order valence-corrected chi connectivity index (χ4v) is 2.87. The standard InChI is InChI=1S/C17H24FN3O3.HI/c1-2-19-17(20-7-12-3-4-22-9-12)21-8-13-5-15(18)6-14-10-23-11-24-16(13)14;/h5-6,12H,2-4,7-11H2,1H3,(H2,19,20,21);1H. The lowest BCUT2D eigenvalue weighted by molar-refractivity contribution is -0.0172. The largest absolute Gasteiger partial charge is 0.467 e. The maximum absolute atomic E-state index is 13.8. The van der Waals surface area contributed by atoms with Gasteiger partial charge in [-0.3, -0.25) is 0 Å². The molecular formula is C17H25FIN3O3. The molecule has 0 spiro atoms. The van der Waals surface area contributed by atoms with Crippen molar-refractivity contribution < 1.29 is 18.6 Å². The van der Waals surface area contributed by atoms with Crippen LogP contribution in [-0.4, -0.2) is 39.1 Å². The summed E-state index contributed by atoms with van der Waals surface area (Å²) in [6.45, 7) is 6.11. The van der Waals surface area contributed by atoms with Crippen LogP contribution in [0.15, 0.2) is 17.1 Å². The summed E-state index contributed by atoms with van der Waals surface area (Å²) in [5.41, 5.74) is 1.46. The SMILES string of the molecule is CCNC(=NCc1cc(F)cc2c1OCOC2)NCC1CCOC1.I. The first-order chi connectivity index (χ1) is 11.8. The molecule has 1 fully saturated rings. The number of ether oxygens (including phenoxy) is 3. The number of nitrogens with one attached hydrogen (secondary N) is 2. The number of benzene rings is 1. The Balaban J connectivity index is 0.00000225. The lowest BCUT2D eigenvalue weighted by atomic mass is 10.1. The minimum Gasteiger partial charge on any atom is -0.467 e. The molecule has 2 aliphatic rings. The lowest BCUT2D eigenvalue weighted by Gasteiger charge is -2.20. The van der Waals surface area contributed by atoms with Crippen LogP contribution in [0.3, 0.4) is 0 Å². The molecule has 1 aromatic rings. The van der Waals surface area contributed by atoms with E-state index >= 15 is 0 Å². The van der Waals surface area contributed by atoms with Crippen LogP contribution in [0, 0.1) is 11.7 Å². The molecule has 0 bridgehead atoms. The molecule has 6 nitrogen and oxygen atoms in total. The Morgan fingerprint density at radius 3 is 2.96 bits per heavy atom. The van der Waals surface area contributed by atoms with E-state index < -0.39 is 0 Å². The Hall–Kier alpha value is -1.13. The smallest absolute Gasteiger partial charge is 0.191 e. The van der Waals surface area contributed by atoms with Gasteiger partial charge < -0.3 is 24.8 Å². The van der Waals surface area contributed by atoms with Crippen LogP contribution in [0.5, 0.6) is 5.75 Å². The Labute approximate surface area is 164 Å². The summed E-state index contributed by atoms with van der Waals surface area (Å²) < 4.78 is 29.9. The van der Waals surface area contributed by atoms with Crippen molar-refractivity contribution in [1.82, 2.24) is 10.6 Å². The number of hydrogen-bond donors (Lipinski definition) is 2. The zero-order valence-electron chi connectivity index (χ0n) is 14.3. The van der Waals surface area contributed by atoms with Crippen LogP contribution < -0.4 is 15.4 Å². The summed E-state index contributed by atoms with van der Waals surface area (Å²) in [6.07, 6.45) is 1.07. The molecule has 3 rings (SSSR count). The number of hydrogen-bond acceptors (Lipinski definition) is 4. The van der Waals surface area contributed by atoms with Crippen LogP contribution in [0.2, 0.25) is 0 Å². The Kier molecular flexibility index (Phi) is 8.17. The van der Waals surface area contributed by atoms with Crippen molar-refractivity contribution >= 4 is 29.9 Å². The normalized spacial score (nSPS) is 19.6. The summed E-state index contributed by atoms with van der Waals surface area (Å²) in [5.74, 6) is 1.62. The first-order valence-electron chi connectivity index (χ1n) is 8.38. The van der Waals surface area contributed by atoms with E-state index in [1.54, 1.807) is 0 Å². The van der Waals surface area contributed by atoms with Gasteiger partial charge in [-0.2, -0.15) is 0 Å². The fraction of sp³-hybridized carbons (Fsp3) is 0.588. The maximum Gasteiger partial charge on any atom is 0.191 e. The van der Waals surface area contributed by atoms with Gasteiger partial charge in [0.25, 0.3) is 0 Å². The third-order valence-corrected chi connectivity index (χ3v) is 4.09. The third-order valence-electron chi connectivity index (χ3n) is 4.09. The zero-order valence-corrected chi connectivity index (χ0v) is 16.7. The number of halogens is 2. The number of aliphatic imine (C=N–C) groups is 1. The van der Waals surface area contributed by atoms with Gasteiger partial charge in [0.05, 0.1) is 19.8 Å². The number of fused-ring (bicyclic) bond motifs is 1. The zero-order chi connectivity index (χ0) is 16.8. The van der Waals surface area contributed by atoms with Gasteiger partial charge >= 0.3 is 0 Å². The second kappa shape index (κ2) is 10.1. The predicted molar refractivity (Wildman–Crippen MR) is 104 cm³/mol. The van der Waals surface area contributed by atoms with Crippen molar-refractivity contribution in [1.29, 1.82) is 0 Å². The fourth-order valence-electron chi connectivity index (χ4n) is 2.87. The number of nitrogens with zero attached hydrogens (tertiary/aromatic N) is 1. The highest BCUT2D eigenvalue weighted by Crippen LogP contribution is 2.29. The summed E-state index contributed by atoms with van der Waals surface area (Å²) in [4.78, 5) is 4.56. The molecular weight excluding hydrogens is 440 g/mol. The highest BCUT2D eigenvalue weighted by molar-refractivity contribution is 14.0. The predicted octanol–water partition coefficient (Wildman–Crippen LogP) is 2.40. The average Bonchev–Trinajstić information content (AvgIpc) is 3.10. The molecule has 1 saturated heterocycles. The highest BCUT2D eigenvalue weighted by atomic mass is 127. The van der Waals surface area contributed by atoms with Crippen molar-refractivity contribution in [3.05, 3.63) is 29.1 Å². The van der Waals surface area contributed by atoms with E-state index in [9.17, 15) is 4.39 Å².